The molecule has 2 aromatic rings. The van der Waals surface area contributed by atoms with Crippen LogP contribution in [0.1, 0.15) is 30.1 Å². The highest BCUT2D eigenvalue weighted by Crippen LogP contribution is 2.28. The number of hydrogen-bond acceptors (Lipinski definition) is 3. The lowest BCUT2D eigenvalue weighted by molar-refractivity contribution is 0.0443. The van der Waals surface area contributed by atoms with Crippen molar-refractivity contribution in [3.05, 3.63) is 41.6 Å². The average Bonchev–Trinajstić information content (AvgIpc) is 2.47. The van der Waals surface area contributed by atoms with Crippen molar-refractivity contribution >= 4 is 10.9 Å². The highest BCUT2D eigenvalue weighted by Gasteiger charge is 2.23. The molecule has 0 aliphatic carbocycles. The van der Waals surface area contributed by atoms with E-state index in [1.54, 1.807) is 0 Å². The lowest BCUT2D eigenvalue weighted by Crippen LogP contribution is -2.29. The molecular formula is C16H20N2O. The second-order valence-electron chi connectivity index (χ2n) is 5.38. The van der Waals surface area contributed by atoms with Crippen molar-refractivity contribution in [3.8, 4) is 0 Å². The SMILES string of the molecule is Cc1cc(C(N)C2CCCOC2)nc2ccccc12. The van der Waals surface area contributed by atoms with Gasteiger partial charge in [-0.1, -0.05) is 18.2 Å². The summed E-state index contributed by atoms with van der Waals surface area (Å²) >= 11 is 0. The third kappa shape index (κ3) is 2.48. The van der Waals surface area contributed by atoms with Gasteiger partial charge < -0.3 is 10.5 Å². The molecule has 3 rings (SSSR count). The number of fused-ring (bicyclic) bond motifs is 1. The van der Waals surface area contributed by atoms with E-state index in [0.29, 0.717) is 5.92 Å². The van der Waals surface area contributed by atoms with Crippen molar-refractivity contribution in [2.45, 2.75) is 25.8 Å². The molecule has 1 aliphatic heterocycles. The van der Waals surface area contributed by atoms with Crippen molar-refractivity contribution in [1.29, 1.82) is 0 Å². The van der Waals surface area contributed by atoms with Crippen LogP contribution in [0, 0.1) is 12.8 Å². The summed E-state index contributed by atoms with van der Waals surface area (Å²) in [4.78, 5) is 4.73. The first-order chi connectivity index (χ1) is 9.25. The molecule has 1 fully saturated rings. The number of nitrogens with zero attached hydrogens (tertiary/aromatic N) is 1. The Bertz CT molecular complexity index is 576. The van der Waals surface area contributed by atoms with Crippen molar-refractivity contribution in [2.75, 3.05) is 13.2 Å². The Morgan fingerprint density at radius 1 is 1.37 bits per heavy atom. The minimum atomic E-state index is -0.0244. The average molecular weight is 256 g/mol. The van der Waals surface area contributed by atoms with Crippen LogP contribution in [-0.2, 0) is 4.74 Å². The van der Waals surface area contributed by atoms with Gasteiger partial charge in [0.1, 0.15) is 0 Å². The predicted octanol–water partition coefficient (Wildman–Crippen LogP) is 2.97. The summed E-state index contributed by atoms with van der Waals surface area (Å²) < 4.78 is 5.53. The fourth-order valence-electron chi connectivity index (χ4n) is 2.84. The molecule has 2 unspecified atom stereocenters. The quantitative estimate of drug-likeness (QED) is 0.898. The van der Waals surface area contributed by atoms with E-state index in [-0.39, 0.29) is 6.04 Å². The second kappa shape index (κ2) is 5.27. The van der Waals surface area contributed by atoms with Crippen molar-refractivity contribution in [1.82, 2.24) is 4.98 Å². The molecule has 1 aromatic heterocycles. The van der Waals surface area contributed by atoms with Gasteiger partial charge in [-0.25, -0.2) is 0 Å². The Balaban J connectivity index is 1.95. The van der Waals surface area contributed by atoms with E-state index in [0.717, 1.165) is 37.3 Å². The highest BCUT2D eigenvalue weighted by atomic mass is 16.5. The highest BCUT2D eigenvalue weighted by molar-refractivity contribution is 5.82. The fraction of sp³-hybridized carbons (Fsp3) is 0.438. The summed E-state index contributed by atoms with van der Waals surface area (Å²) in [7, 11) is 0. The summed E-state index contributed by atoms with van der Waals surface area (Å²) in [6, 6.07) is 10.3. The van der Waals surface area contributed by atoms with E-state index >= 15 is 0 Å². The molecule has 19 heavy (non-hydrogen) atoms. The van der Waals surface area contributed by atoms with Crippen LogP contribution in [0.3, 0.4) is 0 Å². The second-order valence-corrected chi connectivity index (χ2v) is 5.38. The zero-order valence-electron chi connectivity index (χ0n) is 11.3. The molecule has 1 aliphatic rings. The minimum Gasteiger partial charge on any atom is -0.381 e. The summed E-state index contributed by atoms with van der Waals surface area (Å²) in [5.74, 6) is 0.391. The third-order valence-electron chi connectivity index (χ3n) is 3.99. The van der Waals surface area contributed by atoms with Gasteiger partial charge in [0.15, 0.2) is 0 Å². The Morgan fingerprint density at radius 2 is 2.21 bits per heavy atom. The topological polar surface area (TPSA) is 48.1 Å². The molecule has 3 heteroatoms. The molecule has 0 amide bonds. The van der Waals surface area contributed by atoms with Gasteiger partial charge in [-0.2, -0.15) is 0 Å². The minimum absolute atomic E-state index is 0.0244. The fourth-order valence-corrected chi connectivity index (χ4v) is 2.84. The molecule has 0 spiro atoms. The standard InChI is InChI=1S/C16H20N2O/c1-11-9-15(16(17)12-5-4-8-19-10-12)18-14-7-3-2-6-13(11)14/h2-3,6-7,9,12,16H,4-5,8,10,17H2,1H3. The van der Waals surface area contributed by atoms with Gasteiger partial charge in [0.05, 0.1) is 23.9 Å². The molecule has 0 saturated carbocycles. The maximum atomic E-state index is 6.39. The molecule has 2 N–H and O–H groups in total. The summed E-state index contributed by atoms with van der Waals surface area (Å²) in [5.41, 5.74) is 9.65. The third-order valence-corrected chi connectivity index (χ3v) is 3.99. The molecule has 0 bridgehead atoms. The van der Waals surface area contributed by atoms with Crippen LogP contribution in [-0.4, -0.2) is 18.2 Å². The zero-order chi connectivity index (χ0) is 13.2. The Morgan fingerprint density at radius 3 is 3.00 bits per heavy atom. The van der Waals surface area contributed by atoms with Crippen LogP contribution in [0.25, 0.3) is 10.9 Å². The van der Waals surface area contributed by atoms with Crippen LogP contribution in [0.5, 0.6) is 0 Å². The van der Waals surface area contributed by atoms with Crippen molar-refractivity contribution < 1.29 is 4.74 Å². The molecule has 3 nitrogen and oxygen atoms in total. The van der Waals surface area contributed by atoms with E-state index in [1.807, 2.05) is 12.1 Å². The number of aryl methyl sites for hydroxylation is 1. The summed E-state index contributed by atoms with van der Waals surface area (Å²) in [5, 5.41) is 1.21. The van der Waals surface area contributed by atoms with E-state index < -0.39 is 0 Å². The van der Waals surface area contributed by atoms with Gasteiger partial charge in [0.2, 0.25) is 0 Å². The van der Waals surface area contributed by atoms with Crippen LogP contribution in [0.4, 0.5) is 0 Å². The first-order valence-corrected chi connectivity index (χ1v) is 6.95. The summed E-state index contributed by atoms with van der Waals surface area (Å²) in [6.45, 7) is 3.75. The van der Waals surface area contributed by atoms with Crippen LogP contribution < -0.4 is 5.73 Å². The van der Waals surface area contributed by atoms with Gasteiger partial charge in [-0.05, 0) is 37.5 Å². The normalized spacial score (nSPS) is 21.5. The number of rotatable bonds is 2. The Labute approximate surface area is 113 Å². The van der Waals surface area contributed by atoms with E-state index in [9.17, 15) is 0 Å². The van der Waals surface area contributed by atoms with Gasteiger partial charge in [-0.3, -0.25) is 4.98 Å². The molecule has 0 radical (unpaired) electrons. The van der Waals surface area contributed by atoms with Crippen molar-refractivity contribution in [2.24, 2.45) is 11.7 Å². The molecule has 100 valence electrons. The van der Waals surface area contributed by atoms with Crippen molar-refractivity contribution in [3.63, 3.8) is 0 Å². The molecule has 1 aromatic carbocycles. The lowest BCUT2D eigenvalue weighted by atomic mass is 9.91. The maximum absolute atomic E-state index is 6.39. The molecule has 2 heterocycles. The first kappa shape index (κ1) is 12.6. The van der Waals surface area contributed by atoms with E-state index in [1.165, 1.54) is 10.9 Å². The van der Waals surface area contributed by atoms with E-state index in [2.05, 4.69) is 25.1 Å². The van der Waals surface area contributed by atoms with Crippen LogP contribution >= 0.6 is 0 Å². The first-order valence-electron chi connectivity index (χ1n) is 6.95. The largest absolute Gasteiger partial charge is 0.381 e. The number of ether oxygens (including phenoxy) is 1. The Kier molecular flexibility index (Phi) is 3.49. The molecule has 2 atom stereocenters. The summed E-state index contributed by atoms with van der Waals surface area (Å²) in [6.07, 6.45) is 2.24. The number of para-hydroxylation sites is 1. The number of pyridine rings is 1. The molecular weight excluding hydrogens is 236 g/mol. The maximum Gasteiger partial charge on any atom is 0.0708 e. The van der Waals surface area contributed by atoms with Gasteiger partial charge in [0, 0.05) is 17.9 Å². The number of aromatic nitrogens is 1. The monoisotopic (exact) mass is 256 g/mol. The Hall–Kier alpha value is -1.45. The lowest BCUT2D eigenvalue weighted by Gasteiger charge is -2.27. The van der Waals surface area contributed by atoms with E-state index in [4.69, 9.17) is 15.5 Å². The van der Waals surface area contributed by atoms with Crippen LogP contribution in [0.15, 0.2) is 30.3 Å². The predicted molar refractivity (Wildman–Crippen MR) is 77.0 cm³/mol. The molecule has 1 saturated heterocycles. The zero-order valence-corrected chi connectivity index (χ0v) is 11.3. The van der Waals surface area contributed by atoms with Gasteiger partial charge in [-0.15, -0.1) is 0 Å². The van der Waals surface area contributed by atoms with Gasteiger partial charge >= 0.3 is 0 Å². The number of benzene rings is 1. The number of nitrogens with two attached hydrogens (primary N) is 1. The van der Waals surface area contributed by atoms with Gasteiger partial charge in [0.25, 0.3) is 0 Å². The smallest absolute Gasteiger partial charge is 0.0708 e. The van der Waals surface area contributed by atoms with Crippen LogP contribution in [0.2, 0.25) is 0 Å². The number of hydrogen-bond donors (Lipinski definition) is 1.